The van der Waals surface area contributed by atoms with Gasteiger partial charge in [-0.1, -0.05) is 23.4 Å². The minimum Gasteiger partial charge on any atom is -0.381 e. The average Bonchev–Trinajstić information content (AvgIpc) is 3.23. The molecule has 29 heavy (non-hydrogen) atoms. The summed E-state index contributed by atoms with van der Waals surface area (Å²) < 4.78 is 0. The number of rotatable bonds is 4. The molecule has 2 atom stereocenters. The van der Waals surface area contributed by atoms with Crippen LogP contribution in [-0.4, -0.2) is 33.5 Å². The summed E-state index contributed by atoms with van der Waals surface area (Å²) >= 11 is 0. The van der Waals surface area contributed by atoms with Crippen LogP contribution < -0.4 is 4.90 Å². The van der Waals surface area contributed by atoms with Gasteiger partial charge in [-0.25, -0.2) is 4.90 Å². The molecule has 0 N–H and O–H groups in total. The standard InChI is InChI=1S/C18H12N4O7/c1-9-5-6-12(22(27)28)8-13(9)20-17(23)14-15(19-29-16(14)18(20)24)10-3-2-4-11(7-10)21(25)26/h2-8,14,16H,1H3/t14-,16-/m0/s1. The van der Waals surface area contributed by atoms with E-state index in [1.165, 1.54) is 36.4 Å². The third kappa shape index (κ3) is 2.79. The Morgan fingerprint density at radius 1 is 1.00 bits per heavy atom. The highest BCUT2D eigenvalue weighted by Crippen LogP contribution is 2.37. The van der Waals surface area contributed by atoms with Gasteiger partial charge in [-0.05, 0) is 12.5 Å². The Morgan fingerprint density at radius 2 is 1.69 bits per heavy atom. The van der Waals surface area contributed by atoms with Crippen molar-refractivity contribution in [3.8, 4) is 0 Å². The second-order valence-corrected chi connectivity index (χ2v) is 6.53. The number of anilines is 1. The summed E-state index contributed by atoms with van der Waals surface area (Å²) in [4.78, 5) is 52.8. The Bertz CT molecular complexity index is 1130. The van der Waals surface area contributed by atoms with E-state index in [4.69, 9.17) is 4.84 Å². The number of hydrogen-bond acceptors (Lipinski definition) is 8. The van der Waals surface area contributed by atoms with E-state index < -0.39 is 33.7 Å². The number of carbonyl (C=O) groups excluding carboxylic acids is 2. The normalized spacial score (nSPS) is 20.3. The van der Waals surface area contributed by atoms with Crippen LogP contribution in [0.4, 0.5) is 17.1 Å². The number of nitro benzene ring substituents is 2. The largest absolute Gasteiger partial charge is 0.381 e. The summed E-state index contributed by atoms with van der Waals surface area (Å²) in [5.74, 6) is -2.46. The van der Waals surface area contributed by atoms with Crippen molar-refractivity contribution in [2.24, 2.45) is 11.1 Å². The lowest BCUT2D eigenvalue weighted by Crippen LogP contribution is -2.33. The SMILES string of the molecule is Cc1ccc([N+](=O)[O-])cc1N1C(=O)[C@H]2C(c3cccc([N+](=O)[O-])c3)=NO[C@@H]2C1=O. The molecule has 0 aliphatic carbocycles. The number of imide groups is 1. The zero-order valence-electron chi connectivity index (χ0n) is 14.8. The summed E-state index contributed by atoms with van der Waals surface area (Å²) in [5.41, 5.74) is 0.498. The van der Waals surface area contributed by atoms with E-state index in [1.807, 2.05) is 0 Å². The van der Waals surface area contributed by atoms with Crippen molar-refractivity contribution in [1.82, 2.24) is 0 Å². The molecular formula is C18H12N4O7. The number of nitro groups is 2. The van der Waals surface area contributed by atoms with Gasteiger partial charge in [0.05, 0.1) is 15.5 Å². The first-order chi connectivity index (χ1) is 13.8. The summed E-state index contributed by atoms with van der Waals surface area (Å²) in [7, 11) is 0. The zero-order chi connectivity index (χ0) is 20.9. The highest BCUT2D eigenvalue weighted by atomic mass is 16.7. The number of amides is 2. The molecule has 2 amide bonds. The highest BCUT2D eigenvalue weighted by molar-refractivity contribution is 6.32. The van der Waals surface area contributed by atoms with E-state index in [1.54, 1.807) is 6.92 Å². The fourth-order valence-corrected chi connectivity index (χ4v) is 3.38. The number of non-ortho nitro benzene ring substituents is 2. The molecular weight excluding hydrogens is 384 g/mol. The molecule has 0 aromatic heterocycles. The second-order valence-electron chi connectivity index (χ2n) is 6.53. The van der Waals surface area contributed by atoms with Gasteiger partial charge < -0.3 is 4.84 Å². The molecule has 11 nitrogen and oxygen atoms in total. The van der Waals surface area contributed by atoms with Crippen LogP contribution in [0.1, 0.15) is 11.1 Å². The molecule has 11 heteroatoms. The number of carbonyl (C=O) groups is 2. The minimum absolute atomic E-state index is 0.0885. The van der Waals surface area contributed by atoms with Crippen molar-refractivity contribution in [1.29, 1.82) is 0 Å². The minimum atomic E-state index is -1.23. The Labute approximate surface area is 162 Å². The molecule has 0 bridgehead atoms. The number of aryl methyl sites for hydroxylation is 1. The molecule has 2 aliphatic rings. The molecule has 2 aliphatic heterocycles. The Kier molecular flexibility index (Phi) is 4.07. The van der Waals surface area contributed by atoms with Gasteiger partial charge in [0.1, 0.15) is 11.6 Å². The van der Waals surface area contributed by atoms with Gasteiger partial charge >= 0.3 is 0 Å². The maximum atomic E-state index is 13.1. The molecule has 0 spiro atoms. The molecule has 0 radical (unpaired) electrons. The van der Waals surface area contributed by atoms with Crippen LogP contribution in [0.5, 0.6) is 0 Å². The monoisotopic (exact) mass is 396 g/mol. The van der Waals surface area contributed by atoms with Gasteiger partial charge in [-0.15, -0.1) is 0 Å². The molecule has 1 saturated heterocycles. The molecule has 2 aromatic rings. The summed E-state index contributed by atoms with van der Waals surface area (Å²) in [5, 5.41) is 25.9. The van der Waals surface area contributed by atoms with Crippen LogP contribution in [0.25, 0.3) is 0 Å². The summed E-state index contributed by atoms with van der Waals surface area (Å²) in [6.45, 7) is 1.62. The smallest absolute Gasteiger partial charge is 0.278 e. The number of nitrogens with zero attached hydrogens (tertiary/aromatic N) is 4. The molecule has 2 aromatic carbocycles. The Morgan fingerprint density at radius 3 is 2.38 bits per heavy atom. The average molecular weight is 396 g/mol. The van der Waals surface area contributed by atoms with E-state index in [0.29, 0.717) is 5.56 Å². The van der Waals surface area contributed by atoms with Gasteiger partial charge in [-0.3, -0.25) is 29.8 Å². The van der Waals surface area contributed by atoms with Crippen LogP contribution >= 0.6 is 0 Å². The molecule has 0 unspecified atom stereocenters. The second kappa shape index (κ2) is 6.48. The van der Waals surface area contributed by atoms with Crippen molar-refractivity contribution in [3.63, 3.8) is 0 Å². The third-order valence-electron chi connectivity index (χ3n) is 4.81. The first-order valence-electron chi connectivity index (χ1n) is 8.41. The van der Waals surface area contributed by atoms with Crippen molar-refractivity contribution in [3.05, 3.63) is 73.8 Å². The fourth-order valence-electron chi connectivity index (χ4n) is 3.38. The number of fused-ring (bicyclic) bond motifs is 1. The molecule has 146 valence electrons. The molecule has 4 rings (SSSR count). The van der Waals surface area contributed by atoms with E-state index in [0.717, 1.165) is 11.0 Å². The predicted octanol–water partition coefficient (Wildman–Crippen LogP) is 2.10. The van der Waals surface area contributed by atoms with Crippen molar-refractivity contribution in [2.45, 2.75) is 13.0 Å². The van der Waals surface area contributed by atoms with Crippen LogP contribution in [0.15, 0.2) is 47.6 Å². The fraction of sp³-hybridized carbons (Fsp3) is 0.167. The lowest BCUT2D eigenvalue weighted by Gasteiger charge is -2.17. The lowest BCUT2D eigenvalue weighted by molar-refractivity contribution is -0.385. The summed E-state index contributed by atoms with van der Waals surface area (Å²) in [6, 6.07) is 9.36. The van der Waals surface area contributed by atoms with Gasteiger partial charge in [0.2, 0.25) is 12.0 Å². The summed E-state index contributed by atoms with van der Waals surface area (Å²) in [6.07, 6.45) is -1.23. The van der Waals surface area contributed by atoms with Crippen LogP contribution in [0.3, 0.4) is 0 Å². The van der Waals surface area contributed by atoms with Crippen molar-refractivity contribution >= 4 is 34.6 Å². The lowest BCUT2D eigenvalue weighted by atomic mass is 9.94. The third-order valence-corrected chi connectivity index (χ3v) is 4.81. The number of oxime groups is 1. The van der Waals surface area contributed by atoms with E-state index >= 15 is 0 Å². The van der Waals surface area contributed by atoms with E-state index in [2.05, 4.69) is 5.16 Å². The number of hydrogen-bond donors (Lipinski definition) is 0. The van der Waals surface area contributed by atoms with E-state index in [-0.39, 0.29) is 28.3 Å². The molecule has 0 saturated carbocycles. The van der Waals surface area contributed by atoms with Gasteiger partial charge in [0, 0.05) is 29.8 Å². The van der Waals surface area contributed by atoms with Crippen molar-refractivity contribution < 1.29 is 24.3 Å². The Balaban J connectivity index is 1.73. The van der Waals surface area contributed by atoms with Crippen LogP contribution in [0.2, 0.25) is 0 Å². The quantitative estimate of drug-likeness (QED) is 0.437. The van der Waals surface area contributed by atoms with Gasteiger partial charge in [0.15, 0.2) is 0 Å². The number of benzene rings is 2. The topological polar surface area (TPSA) is 145 Å². The van der Waals surface area contributed by atoms with Crippen molar-refractivity contribution in [2.75, 3.05) is 4.90 Å². The first-order valence-corrected chi connectivity index (χ1v) is 8.41. The van der Waals surface area contributed by atoms with E-state index in [9.17, 15) is 29.8 Å². The zero-order valence-corrected chi connectivity index (χ0v) is 14.8. The van der Waals surface area contributed by atoms with Crippen LogP contribution in [0, 0.1) is 33.1 Å². The highest BCUT2D eigenvalue weighted by Gasteiger charge is 2.56. The molecule has 2 heterocycles. The van der Waals surface area contributed by atoms with Crippen LogP contribution in [-0.2, 0) is 14.4 Å². The Hall–Kier alpha value is -4.15. The van der Waals surface area contributed by atoms with Gasteiger partial charge in [-0.2, -0.15) is 0 Å². The van der Waals surface area contributed by atoms with Gasteiger partial charge in [0.25, 0.3) is 17.3 Å². The maximum Gasteiger partial charge on any atom is 0.278 e. The maximum absolute atomic E-state index is 13.1. The first kappa shape index (κ1) is 18.2. The molecule has 1 fully saturated rings. The predicted molar refractivity (Wildman–Crippen MR) is 98.3 cm³/mol.